The van der Waals surface area contributed by atoms with Crippen molar-refractivity contribution in [3.8, 4) is 5.75 Å². The minimum atomic E-state index is -1.09. The number of nitrogens with zero attached hydrogens (tertiary/aromatic N) is 2. The number of aromatic nitrogens is 1. The molecule has 7 heteroatoms. The SMILES string of the molecule is O=C(O)c1cnc2c(c1)OCCN(C(=O)O)C2. The third-order valence-electron chi connectivity index (χ3n) is 2.41. The number of amides is 1. The first-order chi connectivity index (χ1) is 8.08. The number of aromatic carboxylic acids is 1. The first-order valence-electron chi connectivity index (χ1n) is 4.91. The molecule has 2 rings (SSSR count). The van der Waals surface area contributed by atoms with Gasteiger partial charge in [-0.2, -0.15) is 0 Å². The molecule has 2 N–H and O–H groups in total. The number of carbonyl (C=O) groups is 2. The van der Waals surface area contributed by atoms with Crippen molar-refractivity contribution in [2.75, 3.05) is 13.2 Å². The van der Waals surface area contributed by atoms with Gasteiger partial charge in [-0.3, -0.25) is 9.88 Å². The number of rotatable bonds is 1. The average molecular weight is 238 g/mol. The van der Waals surface area contributed by atoms with Gasteiger partial charge >= 0.3 is 12.1 Å². The Morgan fingerprint density at radius 3 is 2.82 bits per heavy atom. The maximum Gasteiger partial charge on any atom is 0.407 e. The van der Waals surface area contributed by atoms with E-state index in [1.54, 1.807) is 0 Å². The predicted octanol–water partition coefficient (Wildman–Crippen LogP) is 0.652. The molecule has 0 saturated carbocycles. The predicted molar refractivity (Wildman–Crippen MR) is 55.1 cm³/mol. The molecule has 1 aromatic rings. The molecule has 7 nitrogen and oxygen atoms in total. The summed E-state index contributed by atoms with van der Waals surface area (Å²) in [5.41, 5.74) is 0.447. The summed E-state index contributed by atoms with van der Waals surface area (Å²) in [5, 5.41) is 17.7. The zero-order valence-corrected chi connectivity index (χ0v) is 8.79. The van der Waals surface area contributed by atoms with Crippen LogP contribution in [-0.4, -0.2) is 45.3 Å². The van der Waals surface area contributed by atoms with Gasteiger partial charge in [-0.1, -0.05) is 0 Å². The van der Waals surface area contributed by atoms with Crippen LogP contribution in [0.5, 0.6) is 5.75 Å². The molecule has 0 atom stereocenters. The number of carboxylic acids is 1. The van der Waals surface area contributed by atoms with Crippen LogP contribution in [0.25, 0.3) is 0 Å². The van der Waals surface area contributed by atoms with Gasteiger partial charge in [0.15, 0.2) is 0 Å². The molecule has 0 aliphatic carbocycles. The van der Waals surface area contributed by atoms with Crippen molar-refractivity contribution < 1.29 is 24.5 Å². The molecule has 90 valence electrons. The number of fused-ring (bicyclic) bond motifs is 1. The third-order valence-corrected chi connectivity index (χ3v) is 2.41. The zero-order chi connectivity index (χ0) is 12.4. The number of ether oxygens (including phenoxy) is 1. The third kappa shape index (κ3) is 2.27. The lowest BCUT2D eigenvalue weighted by atomic mass is 10.2. The summed E-state index contributed by atoms with van der Waals surface area (Å²) in [6.45, 7) is 0.517. The van der Waals surface area contributed by atoms with E-state index < -0.39 is 12.1 Å². The lowest BCUT2D eigenvalue weighted by Crippen LogP contribution is -2.31. The highest BCUT2D eigenvalue weighted by atomic mass is 16.5. The van der Waals surface area contributed by atoms with Crippen molar-refractivity contribution in [1.82, 2.24) is 9.88 Å². The summed E-state index contributed by atoms with van der Waals surface area (Å²) < 4.78 is 5.29. The van der Waals surface area contributed by atoms with E-state index >= 15 is 0 Å². The zero-order valence-electron chi connectivity index (χ0n) is 8.79. The highest BCUT2D eigenvalue weighted by Crippen LogP contribution is 2.22. The lowest BCUT2D eigenvalue weighted by molar-refractivity contribution is 0.0695. The van der Waals surface area contributed by atoms with Gasteiger partial charge in [0.2, 0.25) is 0 Å². The molecule has 0 unspecified atom stereocenters. The standard InChI is InChI=1S/C10H10N2O5/c13-9(14)6-3-8-7(11-4-6)5-12(10(15)16)1-2-17-8/h3-4H,1-2,5H2,(H,13,14)(H,15,16). The number of pyridine rings is 1. The summed E-state index contributed by atoms with van der Waals surface area (Å²) in [6, 6.07) is 1.36. The van der Waals surface area contributed by atoms with Gasteiger partial charge in [-0.15, -0.1) is 0 Å². The molecule has 1 amide bonds. The Kier molecular flexibility index (Phi) is 2.82. The van der Waals surface area contributed by atoms with Gasteiger partial charge < -0.3 is 14.9 Å². The van der Waals surface area contributed by atoms with E-state index in [9.17, 15) is 9.59 Å². The second kappa shape index (κ2) is 4.28. The monoisotopic (exact) mass is 238 g/mol. The van der Waals surface area contributed by atoms with Crippen LogP contribution in [0.1, 0.15) is 16.1 Å². The van der Waals surface area contributed by atoms with E-state index in [0.29, 0.717) is 11.4 Å². The van der Waals surface area contributed by atoms with Crippen LogP contribution in [0.15, 0.2) is 12.3 Å². The van der Waals surface area contributed by atoms with Gasteiger partial charge in [0, 0.05) is 6.20 Å². The molecule has 17 heavy (non-hydrogen) atoms. The van der Waals surface area contributed by atoms with Gasteiger partial charge in [-0.05, 0) is 6.07 Å². The lowest BCUT2D eigenvalue weighted by Gasteiger charge is -2.14. The normalized spacial score (nSPS) is 14.5. The maximum absolute atomic E-state index is 10.8. The Hall–Kier alpha value is -2.31. The molecule has 0 spiro atoms. The van der Waals surface area contributed by atoms with Crippen LogP contribution in [0.4, 0.5) is 4.79 Å². The first-order valence-corrected chi connectivity index (χ1v) is 4.91. The maximum atomic E-state index is 10.8. The van der Waals surface area contributed by atoms with Crippen LogP contribution >= 0.6 is 0 Å². The van der Waals surface area contributed by atoms with Gasteiger partial charge in [0.1, 0.15) is 18.1 Å². The molecule has 0 radical (unpaired) electrons. The Morgan fingerprint density at radius 1 is 1.41 bits per heavy atom. The fourth-order valence-electron chi connectivity index (χ4n) is 1.52. The second-order valence-corrected chi connectivity index (χ2v) is 3.53. The molecule has 2 heterocycles. The van der Waals surface area contributed by atoms with Crippen molar-refractivity contribution in [3.05, 3.63) is 23.5 Å². The van der Waals surface area contributed by atoms with E-state index in [-0.39, 0.29) is 25.3 Å². The van der Waals surface area contributed by atoms with Gasteiger partial charge in [-0.25, -0.2) is 9.59 Å². The quantitative estimate of drug-likeness (QED) is 0.745. The number of carboxylic acid groups (broad SMARTS) is 2. The Morgan fingerprint density at radius 2 is 2.18 bits per heavy atom. The molecular formula is C10H10N2O5. The average Bonchev–Trinajstić information content (AvgIpc) is 2.49. The molecule has 0 bridgehead atoms. The van der Waals surface area contributed by atoms with Crippen molar-refractivity contribution in [1.29, 1.82) is 0 Å². The van der Waals surface area contributed by atoms with E-state index in [0.717, 1.165) is 0 Å². The van der Waals surface area contributed by atoms with Crippen molar-refractivity contribution >= 4 is 12.1 Å². The number of hydrogen-bond donors (Lipinski definition) is 2. The van der Waals surface area contributed by atoms with E-state index in [2.05, 4.69) is 4.98 Å². The topological polar surface area (TPSA) is 100.0 Å². The summed E-state index contributed by atoms with van der Waals surface area (Å²) in [4.78, 5) is 26.7. The summed E-state index contributed by atoms with van der Waals surface area (Å²) in [6.07, 6.45) is 0.140. The first kappa shape index (κ1) is 11.2. The molecule has 1 aliphatic rings. The van der Waals surface area contributed by atoms with Crippen LogP contribution in [0.2, 0.25) is 0 Å². The Labute approximate surface area is 96.3 Å². The summed E-state index contributed by atoms with van der Waals surface area (Å²) in [7, 11) is 0. The number of hydrogen-bond acceptors (Lipinski definition) is 4. The smallest absolute Gasteiger partial charge is 0.407 e. The van der Waals surface area contributed by atoms with Gasteiger partial charge in [0.05, 0.1) is 18.7 Å². The Bertz CT molecular complexity index is 474. The van der Waals surface area contributed by atoms with Crippen LogP contribution in [0, 0.1) is 0 Å². The molecule has 0 fully saturated rings. The molecule has 1 aromatic heterocycles. The fraction of sp³-hybridized carbons (Fsp3) is 0.300. The Balaban J connectivity index is 2.32. The summed E-state index contributed by atoms with van der Waals surface area (Å²) >= 11 is 0. The fourth-order valence-corrected chi connectivity index (χ4v) is 1.52. The minimum absolute atomic E-state index is 0.0209. The molecule has 1 aliphatic heterocycles. The van der Waals surface area contributed by atoms with Crippen LogP contribution in [-0.2, 0) is 6.54 Å². The van der Waals surface area contributed by atoms with Crippen molar-refractivity contribution in [3.63, 3.8) is 0 Å². The largest absolute Gasteiger partial charge is 0.490 e. The van der Waals surface area contributed by atoms with Crippen LogP contribution < -0.4 is 4.74 Å². The molecule has 0 saturated heterocycles. The van der Waals surface area contributed by atoms with E-state index in [4.69, 9.17) is 14.9 Å². The van der Waals surface area contributed by atoms with Crippen molar-refractivity contribution in [2.45, 2.75) is 6.54 Å². The summed E-state index contributed by atoms with van der Waals surface area (Å²) in [5.74, 6) is -0.767. The van der Waals surface area contributed by atoms with Crippen molar-refractivity contribution in [2.24, 2.45) is 0 Å². The van der Waals surface area contributed by atoms with E-state index in [1.807, 2.05) is 0 Å². The molecular weight excluding hydrogens is 228 g/mol. The van der Waals surface area contributed by atoms with Gasteiger partial charge in [0.25, 0.3) is 0 Å². The van der Waals surface area contributed by atoms with Crippen LogP contribution in [0.3, 0.4) is 0 Å². The highest BCUT2D eigenvalue weighted by Gasteiger charge is 2.21. The minimum Gasteiger partial charge on any atom is -0.490 e. The van der Waals surface area contributed by atoms with E-state index in [1.165, 1.54) is 17.2 Å². The molecule has 0 aromatic carbocycles. The highest BCUT2D eigenvalue weighted by molar-refractivity contribution is 5.87. The second-order valence-electron chi connectivity index (χ2n) is 3.53.